The van der Waals surface area contributed by atoms with Crippen molar-refractivity contribution < 1.29 is 41.0 Å². The Labute approximate surface area is 267 Å². The summed E-state index contributed by atoms with van der Waals surface area (Å²) in [5, 5.41) is 11.1. The predicted octanol–water partition coefficient (Wildman–Crippen LogP) is 5.28. The Bertz CT molecular complexity index is 1720. The fourth-order valence-corrected chi connectivity index (χ4v) is 8.58. The van der Waals surface area contributed by atoms with E-state index in [2.05, 4.69) is 0 Å². The fourth-order valence-electron chi connectivity index (χ4n) is 6.51. The van der Waals surface area contributed by atoms with Crippen molar-refractivity contribution in [2.45, 2.75) is 69.3 Å². The highest BCUT2D eigenvalue weighted by Gasteiger charge is 2.40. The molecule has 12 heteroatoms. The molecule has 1 fully saturated rings. The number of halogens is 3. The maximum absolute atomic E-state index is 14.3. The van der Waals surface area contributed by atoms with Crippen LogP contribution >= 0.6 is 0 Å². The summed E-state index contributed by atoms with van der Waals surface area (Å²) in [6.07, 6.45) is -3.97. The van der Waals surface area contributed by atoms with E-state index in [1.165, 1.54) is 21.3 Å². The largest absolute Gasteiger partial charge is 0.496 e. The Hall–Kier alpha value is -3.45. The minimum atomic E-state index is -4.53. The van der Waals surface area contributed by atoms with Gasteiger partial charge in [-0.25, -0.2) is 8.42 Å². The molecule has 248 valence electrons. The Balaban J connectivity index is 1.27. The summed E-state index contributed by atoms with van der Waals surface area (Å²) >= 11 is 0. The Morgan fingerprint density at radius 2 is 1.67 bits per heavy atom. The third-order valence-electron chi connectivity index (χ3n) is 9.28. The number of ether oxygens (including phenoxy) is 2. The molecule has 2 aliphatic rings. The third-order valence-corrected chi connectivity index (χ3v) is 11.5. The Morgan fingerprint density at radius 1 is 1.00 bits per heavy atom. The highest BCUT2D eigenvalue weighted by molar-refractivity contribution is 7.89. The average Bonchev–Trinajstić information content (AvgIpc) is 3.02. The second-order valence-corrected chi connectivity index (χ2v) is 14.0. The van der Waals surface area contributed by atoms with Gasteiger partial charge in [-0.3, -0.25) is 4.79 Å². The third kappa shape index (κ3) is 6.67. The molecule has 46 heavy (non-hydrogen) atoms. The van der Waals surface area contributed by atoms with Crippen molar-refractivity contribution in [3.63, 3.8) is 0 Å². The number of hydrogen-bond donors (Lipinski definition) is 1. The second-order valence-electron chi connectivity index (χ2n) is 12.2. The zero-order chi connectivity index (χ0) is 33.4. The summed E-state index contributed by atoms with van der Waals surface area (Å²) in [6.45, 7) is 5.46. The number of sulfonamides is 1. The fraction of sp³-hybridized carbons (Fsp3) is 0.441. The van der Waals surface area contributed by atoms with Gasteiger partial charge in [0.1, 0.15) is 12.4 Å². The van der Waals surface area contributed by atoms with Crippen molar-refractivity contribution >= 4 is 15.9 Å². The molecule has 3 aromatic carbocycles. The van der Waals surface area contributed by atoms with E-state index >= 15 is 0 Å². The van der Waals surface area contributed by atoms with Gasteiger partial charge in [0.25, 0.3) is 0 Å². The lowest BCUT2D eigenvalue weighted by Crippen LogP contribution is -2.48. The monoisotopic (exact) mass is 660 g/mol. The number of fused-ring (bicyclic) bond motifs is 1. The summed E-state index contributed by atoms with van der Waals surface area (Å²) in [5.41, 5.74) is 1.69. The molecule has 8 nitrogen and oxygen atoms in total. The summed E-state index contributed by atoms with van der Waals surface area (Å²) in [4.78, 5) is 14.8. The van der Waals surface area contributed by atoms with Gasteiger partial charge in [-0.15, -0.1) is 0 Å². The summed E-state index contributed by atoms with van der Waals surface area (Å²) in [6, 6.07) is 13.5. The van der Waals surface area contributed by atoms with E-state index in [9.17, 15) is 31.5 Å². The van der Waals surface area contributed by atoms with Crippen LogP contribution < -0.4 is 4.74 Å². The molecule has 5 rings (SSSR count). The molecule has 1 amide bonds. The molecule has 1 atom stereocenters. The lowest BCUT2D eigenvalue weighted by molar-refractivity contribution is -0.141. The number of methoxy groups -OCH3 is 1. The van der Waals surface area contributed by atoms with Crippen LogP contribution in [0.15, 0.2) is 59.5 Å². The maximum Gasteiger partial charge on any atom is 0.416 e. The first-order valence-corrected chi connectivity index (χ1v) is 16.6. The van der Waals surface area contributed by atoms with Gasteiger partial charge in [-0.1, -0.05) is 36.4 Å². The minimum absolute atomic E-state index is 0.0193. The number of piperidine rings is 1. The molecule has 0 bridgehead atoms. The van der Waals surface area contributed by atoms with Gasteiger partial charge in [0.15, 0.2) is 0 Å². The first kappa shape index (κ1) is 33.9. The highest BCUT2D eigenvalue weighted by atomic mass is 32.2. The van der Waals surface area contributed by atoms with E-state index in [1.807, 2.05) is 31.2 Å². The number of alkyl halides is 3. The van der Waals surface area contributed by atoms with Crippen LogP contribution in [-0.4, -0.2) is 68.1 Å². The molecule has 0 saturated carbocycles. The van der Waals surface area contributed by atoms with Gasteiger partial charge >= 0.3 is 6.18 Å². The van der Waals surface area contributed by atoms with E-state index in [4.69, 9.17) is 9.47 Å². The van der Waals surface area contributed by atoms with E-state index in [-0.39, 0.29) is 62.1 Å². The Kier molecular flexibility index (Phi) is 9.57. The molecule has 1 unspecified atom stereocenters. The molecule has 2 heterocycles. The van der Waals surface area contributed by atoms with Crippen LogP contribution in [0.5, 0.6) is 5.75 Å². The molecule has 2 aliphatic heterocycles. The molecule has 3 aromatic rings. The lowest BCUT2D eigenvalue weighted by Gasteiger charge is -2.39. The number of carbonyl (C=O) groups is 1. The molecule has 0 spiro atoms. The number of amides is 1. The van der Waals surface area contributed by atoms with Gasteiger partial charge in [0.2, 0.25) is 15.9 Å². The number of likely N-dealkylation sites (tertiary alicyclic amines) is 1. The van der Waals surface area contributed by atoms with Crippen LogP contribution in [0, 0.1) is 20.8 Å². The molecular formula is C34H39F3N2O6S. The average molecular weight is 661 g/mol. The number of aliphatic hydroxyl groups is 1. The first-order chi connectivity index (χ1) is 21.7. The normalized spacial score (nSPS) is 18.7. The molecule has 0 aliphatic carbocycles. The lowest BCUT2D eigenvalue weighted by atomic mass is 9.83. The van der Waals surface area contributed by atoms with Gasteiger partial charge in [0.05, 0.1) is 35.8 Å². The van der Waals surface area contributed by atoms with Gasteiger partial charge < -0.3 is 19.5 Å². The zero-order valence-electron chi connectivity index (χ0n) is 26.4. The quantitative estimate of drug-likeness (QED) is 0.353. The molecular weight excluding hydrogens is 621 g/mol. The molecule has 0 radical (unpaired) electrons. The van der Waals surface area contributed by atoms with E-state index in [0.29, 0.717) is 23.3 Å². The van der Waals surface area contributed by atoms with E-state index < -0.39 is 33.4 Å². The van der Waals surface area contributed by atoms with Crippen LogP contribution in [0.1, 0.15) is 51.8 Å². The number of benzene rings is 3. The first-order valence-electron chi connectivity index (χ1n) is 15.1. The molecule has 0 aromatic heterocycles. The van der Waals surface area contributed by atoms with Crippen LogP contribution in [0.2, 0.25) is 0 Å². The maximum atomic E-state index is 14.3. The summed E-state index contributed by atoms with van der Waals surface area (Å²) in [7, 11) is -2.43. The topological polar surface area (TPSA) is 96.4 Å². The number of aryl methyl sites for hydroxylation is 1. The smallest absolute Gasteiger partial charge is 0.416 e. The minimum Gasteiger partial charge on any atom is -0.496 e. The van der Waals surface area contributed by atoms with Crippen molar-refractivity contribution in [1.82, 2.24) is 9.21 Å². The van der Waals surface area contributed by atoms with Crippen LogP contribution in [0.4, 0.5) is 13.2 Å². The van der Waals surface area contributed by atoms with Gasteiger partial charge in [-0.05, 0) is 91.6 Å². The SMILES string of the molecule is COc1cc(C)c(S(=O)(=O)N2Cc3ccccc3CC2COCC(=O)N2CCC(O)(c3cccc(C(F)(F)F)c3)CC2)c(C)c1C. The summed E-state index contributed by atoms with van der Waals surface area (Å²) in [5.74, 6) is 0.275. The highest BCUT2D eigenvalue weighted by Crippen LogP contribution is 2.38. The van der Waals surface area contributed by atoms with E-state index in [1.54, 1.807) is 27.0 Å². The van der Waals surface area contributed by atoms with Crippen molar-refractivity contribution in [3.05, 3.63) is 93.5 Å². The number of hydrogen-bond acceptors (Lipinski definition) is 6. The van der Waals surface area contributed by atoms with Crippen molar-refractivity contribution in [3.8, 4) is 5.75 Å². The number of carbonyl (C=O) groups excluding carboxylic acids is 1. The van der Waals surface area contributed by atoms with Crippen LogP contribution in [-0.2, 0) is 44.3 Å². The van der Waals surface area contributed by atoms with Crippen LogP contribution in [0.3, 0.4) is 0 Å². The standard InChI is InChI=1S/C34H39F3N2O6S/c1-22-16-30(44-4)23(2)24(3)32(22)46(42,43)39-19-26-9-6-5-8-25(26)17-29(39)20-45-21-31(40)38-14-12-33(41,13-15-38)27-10-7-11-28(18-27)34(35,36)37/h5-11,16,18,29,41H,12-15,17,19-21H2,1-4H3. The number of nitrogens with zero attached hydrogens (tertiary/aromatic N) is 2. The second kappa shape index (κ2) is 13.0. The zero-order valence-corrected chi connectivity index (χ0v) is 27.2. The van der Waals surface area contributed by atoms with Crippen molar-refractivity contribution in [2.75, 3.05) is 33.4 Å². The van der Waals surface area contributed by atoms with Gasteiger partial charge in [-0.2, -0.15) is 17.5 Å². The van der Waals surface area contributed by atoms with Crippen molar-refractivity contribution in [1.29, 1.82) is 0 Å². The Morgan fingerprint density at radius 3 is 2.33 bits per heavy atom. The predicted molar refractivity (Wildman–Crippen MR) is 166 cm³/mol. The molecule has 1 N–H and O–H groups in total. The van der Waals surface area contributed by atoms with Crippen molar-refractivity contribution in [2.24, 2.45) is 0 Å². The summed E-state index contributed by atoms with van der Waals surface area (Å²) < 4.78 is 81.0. The molecule has 1 saturated heterocycles. The number of rotatable bonds is 8. The van der Waals surface area contributed by atoms with Gasteiger partial charge in [0, 0.05) is 19.6 Å². The van der Waals surface area contributed by atoms with Crippen LogP contribution in [0.25, 0.3) is 0 Å². The van der Waals surface area contributed by atoms with E-state index in [0.717, 1.165) is 28.8 Å².